The van der Waals surface area contributed by atoms with Crippen LogP contribution in [-0.2, 0) is 12.8 Å². The monoisotopic (exact) mass is 280 g/mol. The number of nitrogens with zero attached hydrogens (tertiary/aromatic N) is 3. The number of rotatable bonds is 3. The minimum absolute atomic E-state index is 0.424. The predicted octanol–water partition coefficient (Wildman–Crippen LogP) is 2.87. The first-order chi connectivity index (χ1) is 9.11. The molecule has 0 bridgehead atoms. The maximum atomic E-state index is 13.1. The van der Waals surface area contributed by atoms with E-state index in [4.69, 9.17) is 0 Å². The van der Waals surface area contributed by atoms with Crippen molar-refractivity contribution >= 4 is 22.8 Å². The Labute approximate surface area is 111 Å². The maximum absolute atomic E-state index is 13.1. The Balaban J connectivity index is 1.81. The van der Waals surface area contributed by atoms with Crippen LogP contribution < -0.4 is 0 Å². The Morgan fingerprint density at radius 2 is 2.11 bits per heavy atom. The summed E-state index contributed by atoms with van der Waals surface area (Å²) in [6.45, 7) is 0. The van der Waals surface area contributed by atoms with Gasteiger partial charge in [0.1, 0.15) is 0 Å². The topological polar surface area (TPSA) is 46.5 Å². The summed E-state index contributed by atoms with van der Waals surface area (Å²) in [5, 5.41) is 4.70. The van der Waals surface area contributed by atoms with Gasteiger partial charge in [-0.25, -0.2) is 13.8 Å². The molecule has 3 aromatic rings. The second-order valence-electron chi connectivity index (χ2n) is 4.14. The van der Waals surface area contributed by atoms with E-state index < -0.39 is 11.6 Å². The van der Waals surface area contributed by atoms with E-state index in [1.807, 2.05) is 13.2 Å². The van der Waals surface area contributed by atoms with Crippen LogP contribution in [0.25, 0.3) is 11.0 Å². The van der Waals surface area contributed by atoms with E-state index in [1.165, 1.54) is 11.8 Å². The molecule has 0 amide bonds. The van der Waals surface area contributed by atoms with Crippen LogP contribution in [0.15, 0.2) is 29.7 Å². The first-order valence-corrected chi connectivity index (χ1v) is 6.55. The molecule has 1 aromatic carbocycles. The summed E-state index contributed by atoms with van der Waals surface area (Å²) in [6.07, 6.45) is 3.68. The van der Waals surface area contributed by atoms with Gasteiger partial charge in [0.25, 0.3) is 0 Å². The number of imidazole rings is 1. The highest BCUT2D eigenvalue weighted by molar-refractivity contribution is 7.98. The Kier molecular flexibility index (Phi) is 2.98. The summed E-state index contributed by atoms with van der Waals surface area (Å²) in [7, 11) is 1.85. The van der Waals surface area contributed by atoms with Gasteiger partial charge in [0, 0.05) is 36.7 Å². The van der Waals surface area contributed by atoms with Gasteiger partial charge >= 0.3 is 0 Å². The van der Waals surface area contributed by atoms with Gasteiger partial charge in [-0.3, -0.25) is 4.68 Å². The van der Waals surface area contributed by atoms with Crippen molar-refractivity contribution in [2.24, 2.45) is 7.05 Å². The molecule has 0 radical (unpaired) electrons. The SMILES string of the molecule is Cn1cc(CSc2nc3cc(F)c(F)cc3[nH]2)cn1. The van der Waals surface area contributed by atoms with E-state index in [-0.39, 0.29) is 0 Å². The van der Waals surface area contributed by atoms with E-state index >= 15 is 0 Å². The van der Waals surface area contributed by atoms with E-state index in [0.717, 1.165) is 17.7 Å². The van der Waals surface area contributed by atoms with Crippen LogP contribution >= 0.6 is 11.8 Å². The molecule has 0 spiro atoms. The Bertz CT molecular complexity index is 695. The van der Waals surface area contributed by atoms with Gasteiger partial charge in [-0.2, -0.15) is 5.10 Å². The first kappa shape index (κ1) is 12.2. The zero-order valence-electron chi connectivity index (χ0n) is 10.0. The number of H-pyrrole nitrogens is 1. The summed E-state index contributed by atoms with van der Waals surface area (Å²) in [6, 6.07) is 2.21. The second-order valence-corrected chi connectivity index (χ2v) is 5.10. The lowest BCUT2D eigenvalue weighted by molar-refractivity contribution is 0.510. The van der Waals surface area contributed by atoms with Gasteiger partial charge in [-0.15, -0.1) is 0 Å². The number of halogens is 2. The van der Waals surface area contributed by atoms with Crippen molar-refractivity contribution in [3.05, 3.63) is 41.7 Å². The fourth-order valence-electron chi connectivity index (χ4n) is 1.75. The lowest BCUT2D eigenvalue weighted by Crippen LogP contribution is -1.84. The van der Waals surface area contributed by atoms with E-state index in [9.17, 15) is 8.78 Å². The van der Waals surface area contributed by atoms with Crippen molar-refractivity contribution in [2.45, 2.75) is 10.9 Å². The van der Waals surface area contributed by atoms with Gasteiger partial charge in [0.2, 0.25) is 0 Å². The third-order valence-electron chi connectivity index (χ3n) is 2.64. The molecule has 3 rings (SSSR count). The van der Waals surface area contributed by atoms with Crippen molar-refractivity contribution in [1.82, 2.24) is 19.7 Å². The summed E-state index contributed by atoms with van der Waals surface area (Å²) in [5.41, 5.74) is 1.98. The summed E-state index contributed by atoms with van der Waals surface area (Å²) in [4.78, 5) is 7.17. The van der Waals surface area contributed by atoms with Crippen LogP contribution in [0.4, 0.5) is 8.78 Å². The molecule has 0 aliphatic carbocycles. The molecule has 0 unspecified atom stereocenters. The average Bonchev–Trinajstić information content (AvgIpc) is 2.93. The number of aromatic nitrogens is 4. The number of fused-ring (bicyclic) bond motifs is 1. The number of aryl methyl sites for hydroxylation is 1. The maximum Gasteiger partial charge on any atom is 0.166 e. The smallest absolute Gasteiger partial charge is 0.166 e. The van der Waals surface area contributed by atoms with Crippen molar-refractivity contribution in [2.75, 3.05) is 0 Å². The minimum Gasteiger partial charge on any atom is -0.333 e. The molecule has 0 atom stereocenters. The van der Waals surface area contributed by atoms with E-state index in [0.29, 0.717) is 21.9 Å². The average molecular weight is 280 g/mol. The molecule has 0 aliphatic rings. The van der Waals surface area contributed by atoms with Crippen molar-refractivity contribution < 1.29 is 8.78 Å². The van der Waals surface area contributed by atoms with Crippen LogP contribution in [0.3, 0.4) is 0 Å². The third-order valence-corrected chi connectivity index (χ3v) is 3.58. The number of hydrogen-bond acceptors (Lipinski definition) is 3. The predicted molar refractivity (Wildman–Crippen MR) is 68.8 cm³/mol. The first-order valence-electron chi connectivity index (χ1n) is 5.57. The second kappa shape index (κ2) is 4.65. The van der Waals surface area contributed by atoms with E-state index in [1.54, 1.807) is 10.9 Å². The minimum atomic E-state index is -0.886. The normalized spacial score (nSPS) is 11.3. The number of nitrogens with one attached hydrogen (secondary N) is 1. The molecule has 7 heteroatoms. The highest BCUT2D eigenvalue weighted by atomic mass is 32.2. The van der Waals surface area contributed by atoms with Crippen molar-refractivity contribution in [1.29, 1.82) is 0 Å². The summed E-state index contributed by atoms with van der Waals surface area (Å²) >= 11 is 1.46. The molecule has 1 N–H and O–H groups in total. The summed E-state index contributed by atoms with van der Waals surface area (Å²) < 4.78 is 27.9. The van der Waals surface area contributed by atoms with Gasteiger partial charge in [-0.05, 0) is 0 Å². The Hall–Kier alpha value is -1.89. The van der Waals surface area contributed by atoms with Gasteiger partial charge in [0.05, 0.1) is 17.2 Å². The van der Waals surface area contributed by atoms with Crippen LogP contribution in [0, 0.1) is 11.6 Å². The quantitative estimate of drug-likeness (QED) is 0.750. The third kappa shape index (κ3) is 2.46. The Morgan fingerprint density at radius 3 is 2.84 bits per heavy atom. The molecular weight excluding hydrogens is 270 g/mol. The molecule has 0 fully saturated rings. The fraction of sp³-hybridized carbons (Fsp3) is 0.167. The lowest BCUT2D eigenvalue weighted by atomic mass is 10.3. The standard InChI is InChI=1S/C12H10F2N4S/c1-18-5-7(4-15-18)6-19-12-16-10-2-8(13)9(14)3-11(10)17-12/h2-5H,6H2,1H3,(H,16,17). The van der Waals surface area contributed by atoms with Gasteiger partial charge in [-0.1, -0.05) is 11.8 Å². The molecule has 98 valence electrons. The fourth-order valence-corrected chi connectivity index (χ4v) is 2.55. The van der Waals surface area contributed by atoms with Gasteiger partial charge < -0.3 is 4.98 Å². The zero-order valence-corrected chi connectivity index (χ0v) is 10.8. The molecular formula is C12H10F2N4S. The van der Waals surface area contributed by atoms with Crippen LogP contribution in [0.5, 0.6) is 0 Å². The molecule has 0 saturated carbocycles. The van der Waals surface area contributed by atoms with E-state index in [2.05, 4.69) is 15.1 Å². The molecule has 0 saturated heterocycles. The number of benzene rings is 1. The van der Waals surface area contributed by atoms with Crippen LogP contribution in [0.2, 0.25) is 0 Å². The molecule has 4 nitrogen and oxygen atoms in total. The summed E-state index contributed by atoms with van der Waals surface area (Å²) in [5.74, 6) is -1.07. The number of aromatic amines is 1. The van der Waals surface area contributed by atoms with Crippen molar-refractivity contribution in [3.8, 4) is 0 Å². The zero-order chi connectivity index (χ0) is 13.4. The lowest BCUT2D eigenvalue weighted by Gasteiger charge is -1.93. The molecule has 2 heterocycles. The van der Waals surface area contributed by atoms with Crippen LogP contribution in [0.1, 0.15) is 5.56 Å². The van der Waals surface area contributed by atoms with Gasteiger partial charge in [0.15, 0.2) is 16.8 Å². The highest BCUT2D eigenvalue weighted by Gasteiger charge is 2.09. The van der Waals surface area contributed by atoms with Crippen LogP contribution in [-0.4, -0.2) is 19.7 Å². The number of hydrogen-bond donors (Lipinski definition) is 1. The molecule has 0 aliphatic heterocycles. The molecule has 19 heavy (non-hydrogen) atoms. The van der Waals surface area contributed by atoms with Crippen molar-refractivity contribution in [3.63, 3.8) is 0 Å². The molecule has 2 aromatic heterocycles. The highest BCUT2D eigenvalue weighted by Crippen LogP contribution is 2.24. The Morgan fingerprint density at radius 1 is 1.32 bits per heavy atom. The largest absolute Gasteiger partial charge is 0.333 e. The number of thioether (sulfide) groups is 1.